The summed E-state index contributed by atoms with van der Waals surface area (Å²) in [5.74, 6) is -0.683. The molecule has 0 bridgehead atoms. The first kappa shape index (κ1) is 15.6. The Labute approximate surface area is 144 Å². The molecule has 1 aromatic rings. The van der Waals surface area contributed by atoms with Crippen molar-refractivity contribution in [3.63, 3.8) is 0 Å². The lowest BCUT2D eigenvalue weighted by Gasteiger charge is -2.38. The summed E-state index contributed by atoms with van der Waals surface area (Å²) in [6.45, 7) is 0.529. The summed E-state index contributed by atoms with van der Waals surface area (Å²) >= 11 is 0. The number of imide groups is 1. The molecule has 25 heavy (non-hydrogen) atoms. The maximum absolute atomic E-state index is 12.5. The molecule has 8 heteroatoms. The summed E-state index contributed by atoms with van der Waals surface area (Å²) in [6, 6.07) is 7.11. The molecule has 1 aromatic carbocycles. The summed E-state index contributed by atoms with van der Waals surface area (Å²) < 4.78 is 0. The number of hydrogen-bond donors (Lipinski definition) is 2. The van der Waals surface area contributed by atoms with Crippen molar-refractivity contribution >= 4 is 29.4 Å². The third-order valence-corrected chi connectivity index (χ3v) is 5.33. The molecule has 3 aliphatic rings. The largest absolute Gasteiger partial charge is 0.341 e. The molecule has 1 spiro atoms. The van der Waals surface area contributed by atoms with Crippen molar-refractivity contribution in [3.8, 4) is 0 Å². The molecular weight excluding hydrogens is 324 g/mol. The third-order valence-electron chi connectivity index (χ3n) is 5.33. The molecule has 130 valence electrons. The van der Waals surface area contributed by atoms with Crippen molar-refractivity contribution in [1.29, 1.82) is 0 Å². The van der Waals surface area contributed by atoms with Crippen molar-refractivity contribution in [2.75, 3.05) is 31.5 Å². The molecule has 5 amide bonds. The number of nitrogens with one attached hydrogen (secondary N) is 2. The number of fused-ring (bicyclic) bond motifs is 2. The molecule has 0 saturated carbocycles. The average Bonchev–Trinajstić information content (AvgIpc) is 3.07. The predicted molar refractivity (Wildman–Crippen MR) is 87.7 cm³/mol. The van der Waals surface area contributed by atoms with Crippen LogP contribution in [0.15, 0.2) is 24.3 Å². The standard InChI is InChI=1S/C17H18N4O4/c22-13-9-18-16(25)21(13)10-14(23)20-7-5-17(6-8-20)11-3-1-2-4-12(11)19-15(17)24/h1-4H,5-10H2,(H,18,25)(H,19,24). The van der Waals surface area contributed by atoms with Crippen LogP contribution in [0.4, 0.5) is 10.5 Å². The van der Waals surface area contributed by atoms with E-state index in [1.54, 1.807) is 4.90 Å². The lowest BCUT2D eigenvalue weighted by Crippen LogP contribution is -2.51. The zero-order chi connectivity index (χ0) is 17.6. The van der Waals surface area contributed by atoms with Gasteiger partial charge in [-0.2, -0.15) is 0 Å². The molecule has 3 aliphatic heterocycles. The Morgan fingerprint density at radius 2 is 1.84 bits per heavy atom. The number of amides is 5. The number of para-hydroxylation sites is 1. The van der Waals surface area contributed by atoms with E-state index in [4.69, 9.17) is 0 Å². The van der Waals surface area contributed by atoms with Crippen LogP contribution in [-0.2, 0) is 19.8 Å². The minimum absolute atomic E-state index is 0.0186. The van der Waals surface area contributed by atoms with Gasteiger partial charge in [0.1, 0.15) is 6.54 Å². The van der Waals surface area contributed by atoms with Gasteiger partial charge in [-0.3, -0.25) is 19.3 Å². The number of hydrogen-bond acceptors (Lipinski definition) is 4. The normalized spacial score (nSPS) is 21.4. The quantitative estimate of drug-likeness (QED) is 0.742. The predicted octanol–water partition coefficient (Wildman–Crippen LogP) is 0.0507. The van der Waals surface area contributed by atoms with Crippen LogP contribution in [0, 0.1) is 0 Å². The SMILES string of the molecule is O=C(CN1C(=O)CNC1=O)N1CCC2(CC1)C(=O)Nc1ccccc12. The van der Waals surface area contributed by atoms with Crippen LogP contribution < -0.4 is 10.6 Å². The van der Waals surface area contributed by atoms with E-state index in [9.17, 15) is 19.2 Å². The minimum atomic E-state index is -0.589. The highest BCUT2D eigenvalue weighted by atomic mass is 16.2. The van der Waals surface area contributed by atoms with E-state index in [0.717, 1.165) is 16.2 Å². The summed E-state index contributed by atoms with van der Waals surface area (Å²) in [7, 11) is 0. The van der Waals surface area contributed by atoms with Gasteiger partial charge in [0.05, 0.1) is 12.0 Å². The van der Waals surface area contributed by atoms with E-state index in [-0.39, 0.29) is 24.9 Å². The van der Waals surface area contributed by atoms with Gasteiger partial charge >= 0.3 is 6.03 Å². The Balaban J connectivity index is 1.45. The molecule has 3 heterocycles. The number of rotatable bonds is 2. The van der Waals surface area contributed by atoms with Crippen LogP contribution in [0.1, 0.15) is 18.4 Å². The van der Waals surface area contributed by atoms with Crippen molar-refractivity contribution in [2.45, 2.75) is 18.3 Å². The van der Waals surface area contributed by atoms with Crippen LogP contribution >= 0.6 is 0 Å². The number of carbonyl (C=O) groups excluding carboxylic acids is 4. The first-order chi connectivity index (χ1) is 12.0. The fraction of sp³-hybridized carbons (Fsp3) is 0.412. The Kier molecular flexibility index (Phi) is 3.48. The van der Waals surface area contributed by atoms with Gasteiger partial charge in [-0.1, -0.05) is 18.2 Å². The zero-order valence-electron chi connectivity index (χ0n) is 13.6. The third kappa shape index (κ3) is 2.36. The minimum Gasteiger partial charge on any atom is -0.341 e. The summed E-state index contributed by atoms with van der Waals surface area (Å²) in [5, 5.41) is 5.32. The Bertz CT molecular complexity index is 767. The number of carbonyl (C=O) groups is 4. The molecular formula is C17H18N4O4. The second-order valence-electron chi connectivity index (χ2n) is 6.60. The van der Waals surface area contributed by atoms with Gasteiger partial charge in [0.15, 0.2) is 0 Å². The van der Waals surface area contributed by atoms with Crippen molar-refractivity contribution in [2.24, 2.45) is 0 Å². The van der Waals surface area contributed by atoms with E-state index in [1.165, 1.54) is 0 Å². The van der Waals surface area contributed by atoms with Gasteiger partial charge in [0.2, 0.25) is 11.8 Å². The fourth-order valence-electron chi connectivity index (χ4n) is 3.86. The van der Waals surface area contributed by atoms with E-state index in [2.05, 4.69) is 10.6 Å². The highest BCUT2D eigenvalue weighted by Crippen LogP contribution is 2.44. The van der Waals surface area contributed by atoms with Crippen molar-refractivity contribution in [3.05, 3.63) is 29.8 Å². The zero-order valence-corrected chi connectivity index (χ0v) is 13.6. The van der Waals surface area contributed by atoms with Crippen LogP contribution in [0.2, 0.25) is 0 Å². The van der Waals surface area contributed by atoms with E-state index in [1.807, 2.05) is 24.3 Å². The van der Waals surface area contributed by atoms with E-state index >= 15 is 0 Å². The molecule has 0 radical (unpaired) electrons. The van der Waals surface area contributed by atoms with Crippen LogP contribution in [0.25, 0.3) is 0 Å². The van der Waals surface area contributed by atoms with Gasteiger partial charge < -0.3 is 15.5 Å². The fourth-order valence-corrected chi connectivity index (χ4v) is 3.86. The molecule has 2 N–H and O–H groups in total. The van der Waals surface area contributed by atoms with E-state index < -0.39 is 17.4 Å². The molecule has 8 nitrogen and oxygen atoms in total. The lowest BCUT2D eigenvalue weighted by atomic mass is 9.73. The van der Waals surface area contributed by atoms with Gasteiger partial charge in [0.25, 0.3) is 5.91 Å². The van der Waals surface area contributed by atoms with Crippen LogP contribution in [0.5, 0.6) is 0 Å². The molecule has 0 aliphatic carbocycles. The number of piperidine rings is 1. The second-order valence-corrected chi connectivity index (χ2v) is 6.60. The van der Waals surface area contributed by atoms with Gasteiger partial charge in [-0.25, -0.2) is 4.79 Å². The Morgan fingerprint density at radius 1 is 1.12 bits per heavy atom. The number of urea groups is 1. The number of nitrogens with zero attached hydrogens (tertiary/aromatic N) is 2. The van der Waals surface area contributed by atoms with Gasteiger partial charge in [-0.05, 0) is 24.5 Å². The number of likely N-dealkylation sites (tertiary alicyclic amines) is 1. The monoisotopic (exact) mass is 342 g/mol. The van der Waals surface area contributed by atoms with Crippen molar-refractivity contribution in [1.82, 2.24) is 15.1 Å². The highest BCUT2D eigenvalue weighted by molar-refractivity contribution is 6.07. The van der Waals surface area contributed by atoms with Crippen LogP contribution in [-0.4, -0.2) is 59.7 Å². The van der Waals surface area contributed by atoms with E-state index in [0.29, 0.717) is 25.9 Å². The maximum Gasteiger partial charge on any atom is 0.325 e. The second kappa shape index (κ2) is 5.58. The molecule has 0 atom stereocenters. The molecule has 4 rings (SSSR count). The van der Waals surface area contributed by atoms with Crippen LogP contribution in [0.3, 0.4) is 0 Å². The smallest absolute Gasteiger partial charge is 0.325 e. The average molecular weight is 342 g/mol. The van der Waals surface area contributed by atoms with Gasteiger partial charge in [-0.15, -0.1) is 0 Å². The molecule has 2 fully saturated rings. The Hall–Kier alpha value is -2.90. The number of benzene rings is 1. The number of anilines is 1. The molecule has 2 saturated heterocycles. The van der Waals surface area contributed by atoms with Crippen molar-refractivity contribution < 1.29 is 19.2 Å². The summed E-state index contributed by atoms with van der Waals surface area (Å²) in [6.07, 6.45) is 1.06. The first-order valence-corrected chi connectivity index (χ1v) is 8.28. The highest BCUT2D eigenvalue weighted by Gasteiger charge is 2.48. The molecule has 0 unspecified atom stereocenters. The van der Waals surface area contributed by atoms with Gasteiger partial charge in [0, 0.05) is 18.8 Å². The summed E-state index contributed by atoms with van der Waals surface area (Å²) in [4.78, 5) is 50.7. The lowest BCUT2D eigenvalue weighted by molar-refractivity contribution is -0.138. The maximum atomic E-state index is 12.5. The first-order valence-electron chi connectivity index (χ1n) is 8.28. The summed E-state index contributed by atoms with van der Waals surface area (Å²) in [5.41, 5.74) is 1.24. The molecule has 0 aromatic heterocycles. The topological polar surface area (TPSA) is 98.8 Å². The Morgan fingerprint density at radius 3 is 2.52 bits per heavy atom.